The average Bonchev–Trinajstić information content (AvgIpc) is 3.36. The van der Waals surface area contributed by atoms with Crippen LogP contribution in [-0.2, 0) is 17.9 Å². The van der Waals surface area contributed by atoms with E-state index in [1.165, 1.54) is 11.3 Å². The number of halogens is 1. The number of aryl methyl sites for hydroxylation is 1. The van der Waals surface area contributed by atoms with E-state index in [0.717, 1.165) is 46.6 Å². The van der Waals surface area contributed by atoms with E-state index < -0.39 is 0 Å². The van der Waals surface area contributed by atoms with Crippen molar-refractivity contribution in [2.75, 3.05) is 12.4 Å². The Bertz CT molecular complexity index is 1090. The molecule has 144 valence electrons. The van der Waals surface area contributed by atoms with Crippen molar-refractivity contribution in [2.24, 2.45) is 0 Å². The van der Waals surface area contributed by atoms with Gasteiger partial charge < -0.3 is 10.1 Å². The second-order valence-corrected chi connectivity index (χ2v) is 8.04. The molecule has 3 aromatic heterocycles. The second-order valence-electron chi connectivity index (χ2n) is 6.65. The van der Waals surface area contributed by atoms with Gasteiger partial charge in [-0.25, -0.2) is 19.2 Å². The van der Waals surface area contributed by atoms with Gasteiger partial charge in [-0.15, -0.1) is 5.10 Å². The lowest BCUT2D eigenvalue weighted by Crippen LogP contribution is -2.22. The molecule has 4 aromatic rings. The van der Waals surface area contributed by atoms with Gasteiger partial charge in [-0.3, -0.25) is 0 Å². The van der Waals surface area contributed by atoms with Gasteiger partial charge in [0.05, 0.1) is 17.9 Å². The summed E-state index contributed by atoms with van der Waals surface area (Å²) in [5.41, 5.74) is 1.89. The number of benzene rings is 1. The summed E-state index contributed by atoms with van der Waals surface area (Å²) in [7, 11) is 1.65. The summed E-state index contributed by atoms with van der Waals surface area (Å²) >= 11 is 7.49. The molecule has 28 heavy (non-hydrogen) atoms. The first-order valence-corrected chi connectivity index (χ1v) is 10.2. The van der Waals surface area contributed by atoms with Gasteiger partial charge in [0.25, 0.3) is 0 Å². The maximum Gasteiger partial charge on any atom is 0.214 e. The molecule has 0 aliphatic carbocycles. The highest BCUT2D eigenvalue weighted by atomic mass is 35.5. The van der Waals surface area contributed by atoms with Gasteiger partial charge in [0.1, 0.15) is 12.4 Å². The van der Waals surface area contributed by atoms with Gasteiger partial charge in [-0.05, 0) is 25.0 Å². The number of hydrogen-bond acceptors (Lipinski definition) is 7. The zero-order chi connectivity index (χ0) is 19.1. The van der Waals surface area contributed by atoms with E-state index in [0.29, 0.717) is 17.5 Å². The van der Waals surface area contributed by atoms with Crippen LogP contribution in [0.3, 0.4) is 0 Å². The lowest BCUT2D eigenvalue weighted by atomic mass is 10.1. The molecule has 4 heterocycles. The fourth-order valence-corrected chi connectivity index (χ4v) is 4.35. The highest BCUT2D eigenvalue weighted by molar-refractivity contribution is 7.20. The van der Waals surface area contributed by atoms with Gasteiger partial charge in [-0.1, -0.05) is 35.1 Å². The molecule has 1 atom stereocenters. The van der Waals surface area contributed by atoms with E-state index in [1.54, 1.807) is 11.6 Å². The molecule has 1 aliphatic rings. The van der Waals surface area contributed by atoms with Crippen molar-refractivity contribution in [1.29, 1.82) is 0 Å². The molecule has 8 nitrogen and oxygen atoms in total. The first kappa shape index (κ1) is 17.6. The van der Waals surface area contributed by atoms with Crippen molar-refractivity contribution in [3.8, 4) is 11.3 Å². The first-order valence-electron chi connectivity index (χ1n) is 9.01. The summed E-state index contributed by atoms with van der Waals surface area (Å²) in [6, 6.07) is 7.73. The molecule has 1 unspecified atom stereocenters. The number of nitrogens with one attached hydrogen (secondary N) is 1. The number of aromatic nitrogens is 6. The summed E-state index contributed by atoms with van der Waals surface area (Å²) in [6.45, 7) is 1.31. The lowest BCUT2D eigenvalue weighted by molar-refractivity contribution is 0.177. The van der Waals surface area contributed by atoms with Crippen LogP contribution in [0.4, 0.5) is 5.13 Å². The van der Waals surface area contributed by atoms with Gasteiger partial charge in [-0.2, -0.15) is 5.10 Å². The normalized spacial score (nSPS) is 16.4. The van der Waals surface area contributed by atoms with Crippen LogP contribution in [0.1, 0.15) is 30.5 Å². The molecule has 1 N–H and O–H groups in total. The number of methoxy groups -OCH3 is 1. The van der Waals surface area contributed by atoms with E-state index in [1.807, 2.05) is 35.1 Å². The zero-order valence-corrected chi connectivity index (χ0v) is 16.7. The number of fused-ring (bicyclic) bond motifs is 2. The van der Waals surface area contributed by atoms with Crippen LogP contribution in [0.5, 0.6) is 0 Å². The lowest BCUT2D eigenvalue weighted by Gasteiger charge is -2.22. The van der Waals surface area contributed by atoms with Crippen molar-refractivity contribution in [1.82, 2.24) is 29.4 Å². The maximum atomic E-state index is 5.96. The van der Waals surface area contributed by atoms with Gasteiger partial charge in [0.2, 0.25) is 10.1 Å². The highest BCUT2D eigenvalue weighted by Crippen LogP contribution is 2.31. The molecule has 5 rings (SSSR count). The Morgan fingerprint density at radius 1 is 1.25 bits per heavy atom. The Kier molecular flexibility index (Phi) is 4.50. The molecule has 0 spiro atoms. The van der Waals surface area contributed by atoms with E-state index >= 15 is 0 Å². The summed E-state index contributed by atoms with van der Waals surface area (Å²) in [4.78, 5) is 10.2. The quantitative estimate of drug-likeness (QED) is 0.534. The molecule has 0 bridgehead atoms. The first-order chi connectivity index (χ1) is 13.7. The number of hydrogen-bond donors (Lipinski definition) is 1. The summed E-state index contributed by atoms with van der Waals surface area (Å²) in [5, 5.41) is 14.2. The fraction of sp³-hybridized carbons (Fsp3) is 0.333. The zero-order valence-electron chi connectivity index (χ0n) is 15.2. The maximum absolute atomic E-state index is 5.96. The molecule has 10 heteroatoms. The van der Waals surface area contributed by atoms with Crippen LogP contribution in [0.15, 0.2) is 30.5 Å². The van der Waals surface area contributed by atoms with E-state index in [-0.39, 0.29) is 6.04 Å². The molecular formula is C18H18ClN7OS. The number of nitrogens with zero attached hydrogens (tertiary/aromatic N) is 6. The average molecular weight is 416 g/mol. The molecule has 0 radical (unpaired) electrons. The fourth-order valence-electron chi connectivity index (χ4n) is 3.39. The molecule has 0 saturated carbocycles. The van der Waals surface area contributed by atoms with Crippen LogP contribution in [0.25, 0.3) is 16.2 Å². The summed E-state index contributed by atoms with van der Waals surface area (Å²) in [5.74, 6) is 1.65. The van der Waals surface area contributed by atoms with Crippen LogP contribution < -0.4 is 5.32 Å². The largest absolute Gasteiger partial charge is 0.377 e. The topological polar surface area (TPSA) is 82.2 Å². The SMILES string of the molecule is COCc1nc2n(n1)CCCC2Nc1nn2cc(-c3ccc(Cl)cc3)nc2s1. The predicted molar refractivity (Wildman–Crippen MR) is 108 cm³/mol. The smallest absolute Gasteiger partial charge is 0.214 e. The minimum atomic E-state index is 0.0819. The third-order valence-corrected chi connectivity index (χ3v) is 5.78. The number of anilines is 1. The summed E-state index contributed by atoms with van der Waals surface area (Å²) < 4.78 is 8.93. The van der Waals surface area contributed by atoms with Crippen LogP contribution in [-0.4, -0.2) is 36.5 Å². The van der Waals surface area contributed by atoms with Crippen molar-refractivity contribution in [3.05, 3.63) is 47.1 Å². The van der Waals surface area contributed by atoms with Crippen molar-refractivity contribution >= 4 is 33.0 Å². The van der Waals surface area contributed by atoms with Crippen LogP contribution in [0, 0.1) is 0 Å². The molecule has 1 aliphatic heterocycles. The number of ether oxygens (including phenoxy) is 1. The van der Waals surface area contributed by atoms with Gasteiger partial charge in [0.15, 0.2) is 5.82 Å². The monoisotopic (exact) mass is 415 g/mol. The minimum Gasteiger partial charge on any atom is -0.377 e. The van der Waals surface area contributed by atoms with Crippen molar-refractivity contribution < 1.29 is 4.74 Å². The molecule has 0 amide bonds. The van der Waals surface area contributed by atoms with Crippen LogP contribution >= 0.6 is 22.9 Å². The molecule has 1 aromatic carbocycles. The van der Waals surface area contributed by atoms with Gasteiger partial charge in [0, 0.05) is 24.2 Å². The Balaban J connectivity index is 1.38. The van der Waals surface area contributed by atoms with Crippen molar-refractivity contribution in [2.45, 2.75) is 32.0 Å². The Morgan fingerprint density at radius 3 is 2.89 bits per heavy atom. The van der Waals surface area contributed by atoms with E-state index in [9.17, 15) is 0 Å². The molecular weight excluding hydrogens is 398 g/mol. The Labute approximate surface area is 170 Å². The van der Waals surface area contributed by atoms with E-state index in [4.69, 9.17) is 16.3 Å². The third-order valence-electron chi connectivity index (χ3n) is 4.67. The Morgan fingerprint density at radius 2 is 2.11 bits per heavy atom. The Hall–Kier alpha value is -2.49. The predicted octanol–water partition coefficient (Wildman–Crippen LogP) is 3.80. The highest BCUT2D eigenvalue weighted by Gasteiger charge is 2.25. The number of rotatable bonds is 5. The third kappa shape index (κ3) is 3.25. The van der Waals surface area contributed by atoms with Gasteiger partial charge >= 0.3 is 0 Å². The molecule has 0 fully saturated rings. The molecule has 0 saturated heterocycles. The summed E-state index contributed by atoms with van der Waals surface area (Å²) in [6.07, 6.45) is 3.97. The van der Waals surface area contributed by atoms with E-state index in [2.05, 4.69) is 25.5 Å². The van der Waals surface area contributed by atoms with Crippen molar-refractivity contribution in [3.63, 3.8) is 0 Å². The standard InChI is InChI=1S/C18H18ClN7OS/c1-27-10-15-22-16-13(3-2-8-25(16)23-15)20-17-24-26-9-14(21-18(26)28-17)11-4-6-12(19)7-5-11/h4-7,9,13H,2-3,8,10H2,1H3,(H,20,24). The minimum absolute atomic E-state index is 0.0819. The van der Waals surface area contributed by atoms with Crippen LogP contribution in [0.2, 0.25) is 5.02 Å². The number of imidazole rings is 1. The second kappa shape index (κ2) is 7.16.